The van der Waals surface area contributed by atoms with Gasteiger partial charge in [0.05, 0.1) is 0 Å². The number of fused-ring (bicyclic) bond motifs is 1. The van der Waals surface area contributed by atoms with E-state index in [-0.39, 0.29) is 11.3 Å². The molecule has 1 aliphatic carbocycles. The molecule has 0 radical (unpaired) electrons. The van der Waals surface area contributed by atoms with Crippen LogP contribution in [0.5, 0.6) is 0 Å². The third-order valence-corrected chi connectivity index (χ3v) is 4.01. The molecule has 2 rings (SSSR count). The van der Waals surface area contributed by atoms with Crippen LogP contribution in [0.1, 0.15) is 55.6 Å². The molecule has 0 fully saturated rings. The van der Waals surface area contributed by atoms with Gasteiger partial charge in [0.1, 0.15) is 0 Å². The Balaban J connectivity index is 2.43. The van der Waals surface area contributed by atoms with Crippen LogP contribution in [0.15, 0.2) is 16.9 Å². The summed E-state index contributed by atoms with van der Waals surface area (Å²) in [5, 5.41) is 0. The second kappa shape index (κ2) is 5.51. The van der Waals surface area contributed by atoms with Gasteiger partial charge in [0, 0.05) is 30.3 Å². The van der Waals surface area contributed by atoms with Gasteiger partial charge in [0.25, 0.3) is 5.56 Å². The van der Waals surface area contributed by atoms with Crippen LogP contribution >= 0.6 is 0 Å². The number of nitrogens with zero attached hydrogens (tertiary/aromatic N) is 1. The number of hydrogen-bond donors (Lipinski definition) is 0. The lowest BCUT2D eigenvalue weighted by Gasteiger charge is -2.22. The van der Waals surface area contributed by atoms with E-state index in [1.807, 2.05) is 4.57 Å². The third kappa shape index (κ3) is 2.40. The molecule has 0 aromatic carbocycles. The summed E-state index contributed by atoms with van der Waals surface area (Å²) in [6, 6.07) is 3.26. The number of aromatic nitrogens is 1. The molecule has 0 bridgehead atoms. The van der Waals surface area contributed by atoms with Gasteiger partial charge >= 0.3 is 0 Å². The molecular formula is C15H21NO2. The largest absolute Gasteiger partial charge is 0.312 e. The molecule has 3 heteroatoms. The van der Waals surface area contributed by atoms with E-state index in [2.05, 4.69) is 13.8 Å². The zero-order chi connectivity index (χ0) is 13.1. The Morgan fingerprint density at radius 3 is 2.56 bits per heavy atom. The van der Waals surface area contributed by atoms with Crippen LogP contribution in [-0.4, -0.2) is 10.4 Å². The van der Waals surface area contributed by atoms with Gasteiger partial charge < -0.3 is 4.57 Å². The number of hydrogen-bond acceptors (Lipinski definition) is 2. The molecule has 1 aromatic rings. The number of rotatable bonds is 4. The number of Topliss-reactive ketones (excluding diaryl/α,β-unsaturated/α-hetero) is 1. The highest BCUT2D eigenvalue weighted by atomic mass is 16.1. The average molecular weight is 247 g/mol. The van der Waals surface area contributed by atoms with Gasteiger partial charge in [-0.2, -0.15) is 0 Å². The average Bonchev–Trinajstić information content (AvgIpc) is 2.38. The second-order valence-corrected chi connectivity index (χ2v) is 5.10. The van der Waals surface area contributed by atoms with Gasteiger partial charge in [-0.1, -0.05) is 26.7 Å². The molecule has 0 unspecified atom stereocenters. The summed E-state index contributed by atoms with van der Waals surface area (Å²) in [7, 11) is 0. The maximum absolute atomic E-state index is 12.0. The van der Waals surface area contributed by atoms with Gasteiger partial charge in [-0.05, 0) is 24.8 Å². The SMILES string of the molecule is CCC(CC)Cn1c2c(ccc1=O)C(=O)CCC2. The van der Waals surface area contributed by atoms with E-state index in [4.69, 9.17) is 0 Å². The standard InChI is InChI=1S/C15H21NO2/c1-3-11(4-2)10-16-13-6-5-7-14(17)12(13)8-9-15(16)18/h8-9,11H,3-7,10H2,1-2H3. The van der Waals surface area contributed by atoms with Crippen molar-refractivity contribution in [3.8, 4) is 0 Å². The summed E-state index contributed by atoms with van der Waals surface area (Å²) < 4.78 is 1.84. The molecule has 1 heterocycles. The van der Waals surface area contributed by atoms with Crippen molar-refractivity contribution >= 4 is 5.78 Å². The zero-order valence-corrected chi connectivity index (χ0v) is 11.2. The Morgan fingerprint density at radius 1 is 1.17 bits per heavy atom. The van der Waals surface area contributed by atoms with Crippen LogP contribution in [0.25, 0.3) is 0 Å². The van der Waals surface area contributed by atoms with E-state index < -0.39 is 0 Å². The highest BCUT2D eigenvalue weighted by molar-refractivity contribution is 5.97. The molecule has 1 aliphatic rings. The molecule has 0 saturated carbocycles. The number of carbonyl (C=O) groups is 1. The maximum Gasteiger partial charge on any atom is 0.250 e. The van der Waals surface area contributed by atoms with Gasteiger partial charge in [-0.15, -0.1) is 0 Å². The summed E-state index contributed by atoms with van der Waals surface area (Å²) in [5.41, 5.74) is 1.77. The number of pyridine rings is 1. The molecule has 1 aromatic heterocycles. The lowest BCUT2D eigenvalue weighted by atomic mass is 9.93. The quantitative estimate of drug-likeness (QED) is 0.820. The maximum atomic E-state index is 12.0. The monoisotopic (exact) mass is 247 g/mol. The van der Waals surface area contributed by atoms with E-state index in [9.17, 15) is 9.59 Å². The van der Waals surface area contributed by atoms with Crippen molar-refractivity contribution in [1.29, 1.82) is 0 Å². The molecule has 0 saturated heterocycles. The molecule has 98 valence electrons. The van der Waals surface area contributed by atoms with Crippen LogP contribution in [-0.2, 0) is 13.0 Å². The number of carbonyl (C=O) groups excluding carboxylic acids is 1. The normalized spacial score (nSPS) is 14.9. The van der Waals surface area contributed by atoms with Crippen molar-refractivity contribution in [3.63, 3.8) is 0 Å². The van der Waals surface area contributed by atoms with Crippen molar-refractivity contribution in [2.75, 3.05) is 0 Å². The molecule has 0 atom stereocenters. The minimum absolute atomic E-state index is 0.0374. The summed E-state index contributed by atoms with van der Waals surface area (Å²) in [4.78, 5) is 23.9. The molecular weight excluding hydrogens is 226 g/mol. The Kier molecular flexibility index (Phi) is 4.00. The predicted octanol–water partition coefficient (Wildman–Crippen LogP) is 2.80. The summed E-state index contributed by atoms with van der Waals surface area (Å²) in [5.74, 6) is 0.709. The smallest absolute Gasteiger partial charge is 0.250 e. The van der Waals surface area contributed by atoms with E-state index in [0.717, 1.165) is 43.5 Å². The van der Waals surface area contributed by atoms with Gasteiger partial charge in [-0.3, -0.25) is 9.59 Å². The van der Waals surface area contributed by atoms with Gasteiger partial charge in [0.2, 0.25) is 0 Å². The fraction of sp³-hybridized carbons (Fsp3) is 0.600. The fourth-order valence-corrected chi connectivity index (χ4v) is 2.70. The molecule has 0 aliphatic heterocycles. The first-order chi connectivity index (χ1) is 8.67. The van der Waals surface area contributed by atoms with Crippen LogP contribution in [0.3, 0.4) is 0 Å². The molecule has 0 N–H and O–H groups in total. The highest BCUT2D eigenvalue weighted by Gasteiger charge is 2.21. The minimum atomic E-state index is 0.0374. The molecule has 0 amide bonds. The van der Waals surface area contributed by atoms with E-state index in [1.165, 1.54) is 0 Å². The predicted molar refractivity (Wildman–Crippen MR) is 72.0 cm³/mol. The molecule has 3 nitrogen and oxygen atoms in total. The lowest BCUT2D eigenvalue weighted by Crippen LogP contribution is -2.30. The van der Waals surface area contributed by atoms with Crippen LogP contribution in [0, 0.1) is 5.92 Å². The zero-order valence-electron chi connectivity index (χ0n) is 11.2. The van der Waals surface area contributed by atoms with Crippen molar-refractivity contribution in [3.05, 3.63) is 33.7 Å². The Bertz CT molecular complexity index is 498. The summed E-state index contributed by atoms with van der Waals surface area (Å²) in [6.45, 7) is 5.06. The number of ketones is 1. The summed E-state index contributed by atoms with van der Waals surface area (Å²) >= 11 is 0. The van der Waals surface area contributed by atoms with Crippen molar-refractivity contribution in [2.24, 2.45) is 5.92 Å². The van der Waals surface area contributed by atoms with Crippen LogP contribution in [0.4, 0.5) is 0 Å². The van der Waals surface area contributed by atoms with Crippen LogP contribution in [0.2, 0.25) is 0 Å². The van der Waals surface area contributed by atoms with E-state index in [0.29, 0.717) is 12.3 Å². The topological polar surface area (TPSA) is 39.1 Å². The minimum Gasteiger partial charge on any atom is -0.312 e. The van der Waals surface area contributed by atoms with E-state index >= 15 is 0 Å². The first kappa shape index (κ1) is 13.1. The van der Waals surface area contributed by atoms with Crippen molar-refractivity contribution in [2.45, 2.75) is 52.5 Å². The van der Waals surface area contributed by atoms with Crippen molar-refractivity contribution < 1.29 is 4.79 Å². The first-order valence-corrected chi connectivity index (χ1v) is 6.93. The first-order valence-electron chi connectivity index (χ1n) is 6.93. The fourth-order valence-electron chi connectivity index (χ4n) is 2.70. The third-order valence-electron chi connectivity index (χ3n) is 4.01. The Hall–Kier alpha value is -1.38. The van der Waals surface area contributed by atoms with Crippen LogP contribution < -0.4 is 5.56 Å². The molecule has 0 spiro atoms. The van der Waals surface area contributed by atoms with Crippen molar-refractivity contribution in [1.82, 2.24) is 4.57 Å². The van der Waals surface area contributed by atoms with E-state index in [1.54, 1.807) is 12.1 Å². The summed E-state index contributed by atoms with van der Waals surface area (Å²) in [6.07, 6.45) is 4.49. The Labute approximate surface area is 108 Å². The Morgan fingerprint density at radius 2 is 1.89 bits per heavy atom. The lowest BCUT2D eigenvalue weighted by molar-refractivity contribution is 0.0970. The van der Waals surface area contributed by atoms with Gasteiger partial charge in [0.15, 0.2) is 5.78 Å². The highest BCUT2D eigenvalue weighted by Crippen LogP contribution is 2.21. The van der Waals surface area contributed by atoms with Gasteiger partial charge in [-0.25, -0.2) is 0 Å². The second-order valence-electron chi connectivity index (χ2n) is 5.10. The molecule has 18 heavy (non-hydrogen) atoms.